The zero-order valence-corrected chi connectivity index (χ0v) is 21.3. The van der Waals surface area contributed by atoms with Gasteiger partial charge >= 0.3 is 0 Å². The topological polar surface area (TPSA) is 94.2 Å². The van der Waals surface area contributed by atoms with Crippen LogP contribution in [0.4, 0.5) is 5.69 Å². The molecule has 0 heterocycles. The highest BCUT2D eigenvalue weighted by molar-refractivity contribution is 7.92. The van der Waals surface area contributed by atoms with Crippen LogP contribution in [0.2, 0.25) is 0 Å². The first-order valence-electron chi connectivity index (χ1n) is 10.9. The molecule has 3 rings (SSSR count). The molecule has 0 radical (unpaired) electrons. The first-order valence-corrected chi connectivity index (χ1v) is 12.3. The van der Waals surface area contributed by atoms with Gasteiger partial charge in [-0.25, -0.2) is 8.42 Å². The van der Waals surface area contributed by atoms with Crippen molar-refractivity contribution in [1.29, 1.82) is 0 Å². The van der Waals surface area contributed by atoms with Crippen LogP contribution in [0.15, 0.2) is 65.6 Å². The predicted octanol–water partition coefficient (Wildman–Crippen LogP) is 3.84. The highest BCUT2D eigenvalue weighted by atomic mass is 32.2. The number of sulfonamides is 1. The smallest absolute Gasteiger partial charge is 0.264 e. The number of nitrogens with one attached hydrogen (secondary N) is 1. The molecule has 0 saturated heterocycles. The maximum atomic E-state index is 13.5. The lowest BCUT2D eigenvalue weighted by Crippen LogP contribution is -2.40. The lowest BCUT2D eigenvalue weighted by molar-refractivity contribution is -0.119. The van der Waals surface area contributed by atoms with E-state index in [1.165, 1.54) is 33.5 Å². The second-order valence-electron chi connectivity index (χ2n) is 7.98. The van der Waals surface area contributed by atoms with E-state index in [1.54, 1.807) is 42.5 Å². The number of aryl methyl sites for hydroxylation is 2. The summed E-state index contributed by atoms with van der Waals surface area (Å²) in [4.78, 5) is 13.1. The Morgan fingerprint density at radius 3 is 1.94 bits per heavy atom. The molecule has 3 aromatic rings. The largest absolute Gasteiger partial charge is 0.493 e. The van der Waals surface area contributed by atoms with Gasteiger partial charge in [-0.2, -0.15) is 0 Å². The van der Waals surface area contributed by atoms with Crippen LogP contribution in [-0.4, -0.2) is 42.2 Å². The number of carbonyl (C=O) groups is 1. The minimum Gasteiger partial charge on any atom is -0.493 e. The number of amides is 1. The van der Waals surface area contributed by atoms with Crippen LogP contribution < -0.4 is 23.8 Å². The third kappa shape index (κ3) is 6.05. The van der Waals surface area contributed by atoms with Gasteiger partial charge in [0.05, 0.1) is 31.9 Å². The summed E-state index contributed by atoms with van der Waals surface area (Å²) < 4.78 is 44.2. The second-order valence-corrected chi connectivity index (χ2v) is 9.84. The highest BCUT2D eigenvalue weighted by Gasteiger charge is 2.27. The highest BCUT2D eigenvalue weighted by Crippen LogP contribution is 2.38. The minimum absolute atomic E-state index is 0.108. The summed E-state index contributed by atoms with van der Waals surface area (Å²) in [5, 5.41) is 2.80. The van der Waals surface area contributed by atoms with E-state index in [0.717, 1.165) is 15.4 Å². The third-order valence-corrected chi connectivity index (χ3v) is 7.12. The molecule has 0 bridgehead atoms. The molecule has 1 amide bonds. The fourth-order valence-corrected chi connectivity index (χ4v) is 5.18. The molecule has 0 aliphatic heterocycles. The second kappa shape index (κ2) is 11.1. The molecule has 0 aliphatic rings. The standard InChI is InChI=1S/C26H30N2O6S/c1-18-11-19(2)13-21(12-18)28(35(30,31)22-9-7-6-8-10-22)17-25(29)27-16-20-14-23(32-3)26(34-5)24(15-20)33-4/h6-15H,16-17H2,1-5H3,(H,27,29). The number of carbonyl (C=O) groups excluding carboxylic acids is 1. The molecule has 35 heavy (non-hydrogen) atoms. The van der Waals surface area contributed by atoms with Gasteiger partial charge in [0.2, 0.25) is 11.7 Å². The van der Waals surface area contributed by atoms with Crippen LogP contribution in [0.5, 0.6) is 17.2 Å². The number of ether oxygens (including phenoxy) is 3. The minimum atomic E-state index is -3.98. The van der Waals surface area contributed by atoms with E-state index in [2.05, 4.69) is 5.32 Å². The zero-order valence-electron chi connectivity index (χ0n) is 20.5. The Morgan fingerprint density at radius 2 is 1.43 bits per heavy atom. The average Bonchev–Trinajstić information content (AvgIpc) is 2.85. The van der Waals surface area contributed by atoms with Crippen molar-refractivity contribution in [2.24, 2.45) is 0 Å². The zero-order chi connectivity index (χ0) is 25.6. The summed E-state index contributed by atoms with van der Waals surface area (Å²) in [6, 6.07) is 17.0. The summed E-state index contributed by atoms with van der Waals surface area (Å²) in [7, 11) is 0.550. The maximum absolute atomic E-state index is 13.5. The van der Waals surface area contributed by atoms with E-state index in [4.69, 9.17) is 14.2 Å². The van der Waals surface area contributed by atoms with Crippen molar-refractivity contribution in [1.82, 2.24) is 5.32 Å². The number of nitrogens with zero attached hydrogens (tertiary/aromatic N) is 1. The van der Waals surface area contributed by atoms with Crippen LogP contribution in [-0.2, 0) is 21.4 Å². The summed E-state index contributed by atoms with van der Waals surface area (Å²) in [5.41, 5.74) is 2.92. The summed E-state index contributed by atoms with van der Waals surface area (Å²) in [6.07, 6.45) is 0. The van der Waals surface area contributed by atoms with Gasteiger partial charge in [-0.05, 0) is 66.9 Å². The molecule has 8 nitrogen and oxygen atoms in total. The fraction of sp³-hybridized carbons (Fsp3) is 0.269. The van der Waals surface area contributed by atoms with Crippen LogP contribution in [0.25, 0.3) is 0 Å². The van der Waals surface area contributed by atoms with Crippen LogP contribution >= 0.6 is 0 Å². The SMILES string of the molecule is COc1cc(CNC(=O)CN(c2cc(C)cc(C)c2)S(=O)(=O)c2ccccc2)cc(OC)c1OC. The quantitative estimate of drug-likeness (QED) is 0.457. The van der Waals surface area contributed by atoms with Gasteiger partial charge in [-0.1, -0.05) is 24.3 Å². The number of hydrogen-bond acceptors (Lipinski definition) is 6. The van der Waals surface area contributed by atoms with Gasteiger partial charge in [-0.3, -0.25) is 9.10 Å². The van der Waals surface area contributed by atoms with Crippen molar-refractivity contribution in [2.45, 2.75) is 25.3 Å². The molecule has 0 spiro atoms. The van der Waals surface area contributed by atoms with Crippen LogP contribution in [0.3, 0.4) is 0 Å². The van der Waals surface area contributed by atoms with Crippen molar-refractivity contribution >= 4 is 21.6 Å². The van der Waals surface area contributed by atoms with Gasteiger partial charge in [0.25, 0.3) is 10.0 Å². The normalized spacial score (nSPS) is 11.0. The molecule has 186 valence electrons. The number of anilines is 1. The van der Waals surface area contributed by atoms with E-state index >= 15 is 0 Å². The van der Waals surface area contributed by atoms with Gasteiger partial charge in [0, 0.05) is 6.54 Å². The Hall–Kier alpha value is -3.72. The van der Waals surface area contributed by atoms with Crippen molar-refractivity contribution < 1.29 is 27.4 Å². The molecule has 1 N–H and O–H groups in total. The number of rotatable bonds is 10. The Morgan fingerprint density at radius 1 is 0.857 bits per heavy atom. The predicted molar refractivity (Wildman–Crippen MR) is 135 cm³/mol. The van der Waals surface area contributed by atoms with Crippen molar-refractivity contribution in [3.8, 4) is 17.2 Å². The molecule has 0 aliphatic carbocycles. The molecule has 0 fully saturated rings. The Kier molecular flexibility index (Phi) is 8.24. The fourth-order valence-electron chi connectivity index (χ4n) is 3.75. The monoisotopic (exact) mass is 498 g/mol. The summed E-state index contributed by atoms with van der Waals surface area (Å²) in [5.74, 6) is 0.900. The molecule has 0 aromatic heterocycles. The molecule has 3 aromatic carbocycles. The number of hydrogen-bond donors (Lipinski definition) is 1. The lowest BCUT2D eigenvalue weighted by atomic mass is 10.1. The van der Waals surface area contributed by atoms with Crippen molar-refractivity contribution in [3.63, 3.8) is 0 Å². The van der Waals surface area contributed by atoms with E-state index in [-0.39, 0.29) is 18.0 Å². The molecule has 0 unspecified atom stereocenters. The first-order chi connectivity index (χ1) is 16.7. The van der Waals surface area contributed by atoms with E-state index in [1.807, 2.05) is 19.9 Å². The van der Waals surface area contributed by atoms with E-state index < -0.39 is 15.9 Å². The Balaban J connectivity index is 1.88. The van der Waals surface area contributed by atoms with E-state index in [9.17, 15) is 13.2 Å². The van der Waals surface area contributed by atoms with Gasteiger partial charge < -0.3 is 19.5 Å². The molecule has 0 saturated carbocycles. The molecular formula is C26H30N2O6S. The lowest BCUT2D eigenvalue weighted by Gasteiger charge is -2.25. The van der Waals surface area contributed by atoms with E-state index in [0.29, 0.717) is 28.5 Å². The first kappa shape index (κ1) is 25.9. The van der Waals surface area contributed by atoms with Crippen molar-refractivity contribution in [3.05, 3.63) is 77.4 Å². The number of methoxy groups -OCH3 is 3. The number of benzene rings is 3. The molecule has 9 heteroatoms. The van der Waals surface area contributed by atoms with Crippen molar-refractivity contribution in [2.75, 3.05) is 32.2 Å². The Bertz CT molecular complexity index is 1250. The summed E-state index contributed by atoms with van der Waals surface area (Å²) in [6.45, 7) is 3.52. The van der Waals surface area contributed by atoms with Crippen LogP contribution in [0.1, 0.15) is 16.7 Å². The molecule has 0 atom stereocenters. The Labute approximate surface area is 206 Å². The van der Waals surface area contributed by atoms with Gasteiger partial charge in [0.1, 0.15) is 6.54 Å². The van der Waals surface area contributed by atoms with Gasteiger partial charge in [0.15, 0.2) is 11.5 Å². The van der Waals surface area contributed by atoms with Gasteiger partial charge in [-0.15, -0.1) is 0 Å². The average molecular weight is 499 g/mol. The molecular weight excluding hydrogens is 468 g/mol. The summed E-state index contributed by atoms with van der Waals surface area (Å²) >= 11 is 0. The third-order valence-electron chi connectivity index (χ3n) is 5.33. The maximum Gasteiger partial charge on any atom is 0.264 e. The van der Waals surface area contributed by atoms with Crippen LogP contribution in [0, 0.1) is 13.8 Å².